The molecule has 1 N–H and O–H groups in total. The molecule has 0 saturated heterocycles. The molecule has 0 radical (unpaired) electrons. The SMILES string of the molecule is COC(=O)CON=C(C(=O)Oc1nc2c(S)cccc2s1)c1ccn[nH]1. The fourth-order valence-corrected chi connectivity index (χ4v) is 3.05. The number of nitrogens with one attached hydrogen (secondary N) is 1. The average molecular weight is 392 g/mol. The van der Waals surface area contributed by atoms with E-state index in [9.17, 15) is 9.59 Å². The number of para-hydroxylation sites is 1. The van der Waals surface area contributed by atoms with Crippen LogP contribution < -0.4 is 4.74 Å². The molecule has 9 nitrogen and oxygen atoms in total. The number of hydrogen-bond donors (Lipinski definition) is 2. The van der Waals surface area contributed by atoms with Crippen LogP contribution in [0, 0.1) is 0 Å². The first kappa shape index (κ1) is 17.9. The summed E-state index contributed by atoms with van der Waals surface area (Å²) >= 11 is 5.51. The van der Waals surface area contributed by atoms with E-state index in [2.05, 4.69) is 37.7 Å². The highest BCUT2D eigenvalue weighted by Crippen LogP contribution is 2.31. The number of benzene rings is 1. The second-order valence-corrected chi connectivity index (χ2v) is 6.23. The monoisotopic (exact) mass is 392 g/mol. The molecule has 2 aromatic heterocycles. The Labute approximate surface area is 156 Å². The fourth-order valence-electron chi connectivity index (χ4n) is 1.88. The molecule has 0 atom stereocenters. The topological polar surface area (TPSA) is 116 Å². The maximum absolute atomic E-state index is 12.5. The number of oxime groups is 1. The van der Waals surface area contributed by atoms with Gasteiger partial charge in [-0.15, -0.1) is 12.6 Å². The minimum Gasteiger partial charge on any atom is -0.466 e. The van der Waals surface area contributed by atoms with Crippen molar-refractivity contribution in [1.82, 2.24) is 15.2 Å². The van der Waals surface area contributed by atoms with Crippen LogP contribution in [-0.2, 0) is 19.2 Å². The highest BCUT2D eigenvalue weighted by atomic mass is 32.1. The first-order valence-electron chi connectivity index (χ1n) is 7.15. The molecular weight excluding hydrogens is 380 g/mol. The van der Waals surface area contributed by atoms with Crippen LogP contribution >= 0.6 is 24.0 Å². The van der Waals surface area contributed by atoms with Gasteiger partial charge >= 0.3 is 11.9 Å². The van der Waals surface area contributed by atoms with Crippen LogP contribution in [0.1, 0.15) is 5.69 Å². The van der Waals surface area contributed by atoms with E-state index in [1.807, 2.05) is 12.1 Å². The highest BCUT2D eigenvalue weighted by Gasteiger charge is 2.21. The number of aromatic nitrogens is 3. The van der Waals surface area contributed by atoms with Gasteiger partial charge in [-0.2, -0.15) is 5.10 Å². The van der Waals surface area contributed by atoms with Crippen molar-refractivity contribution in [2.75, 3.05) is 13.7 Å². The number of fused-ring (bicyclic) bond motifs is 1. The Morgan fingerprint density at radius 3 is 2.88 bits per heavy atom. The van der Waals surface area contributed by atoms with E-state index in [0.717, 1.165) is 4.70 Å². The van der Waals surface area contributed by atoms with Gasteiger partial charge < -0.3 is 14.3 Å². The Bertz CT molecular complexity index is 968. The average Bonchev–Trinajstić information content (AvgIpc) is 3.28. The zero-order valence-electron chi connectivity index (χ0n) is 13.3. The summed E-state index contributed by atoms with van der Waals surface area (Å²) in [6.45, 7) is -0.453. The van der Waals surface area contributed by atoms with Crippen LogP contribution in [0.15, 0.2) is 40.5 Å². The third-order valence-corrected chi connectivity index (χ3v) is 4.33. The summed E-state index contributed by atoms with van der Waals surface area (Å²) in [5.74, 6) is -1.46. The van der Waals surface area contributed by atoms with Crippen molar-refractivity contribution in [2.45, 2.75) is 4.90 Å². The first-order valence-corrected chi connectivity index (χ1v) is 8.42. The lowest BCUT2D eigenvalue weighted by molar-refractivity contribution is -0.146. The predicted octanol–water partition coefficient (Wildman–Crippen LogP) is 1.81. The van der Waals surface area contributed by atoms with Crippen LogP contribution in [-0.4, -0.2) is 46.5 Å². The number of ether oxygens (including phenoxy) is 2. The summed E-state index contributed by atoms with van der Waals surface area (Å²) in [6, 6.07) is 6.96. The molecule has 26 heavy (non-hydrogen) atoms. The van der Waals surface area contributed by atoms with Crippen LogP contribution in [0.5, 0.6) is 5.19 Å². The largest absolute Gasteiger partial charge is 0.466 e. The summed E-state index contributed by atoms with van der Waals surface area (Å²) in [6.07, 6.45) is 1.43. The number of nitrogens with zero attached hydrogens (tertiary/aromatic N) is 3. The van der Waals surface area contributed by atoms with Crippen molar-refractivity contribution in [1.29, 1.82) is 0 Å². The minimum atomic E-state index is -0.820. The van der Waals surface area contributed by atoms with Crippen molar-refractivity contribution < 1.29 is 23.9 Å². The standard InChI is InChI=1S/C15H12N4O5S2/c1-22-11(20)7-23-19-12(8-5-6-16-18-8)14(21)24-15-17-13-9(25)3-2-4-10(13)26-15/h2-6,25H,7H2,1H3,(H,16,18). The van der Waals surface area contributed by atoms with Crippen molar-refractivity contribution >= 4 is 51.8 Å². The first-order chi connectivity index (χ1) is 12.6. The molecule has 0 fully saturated rings. The number of thiazole rings is 1. The molecule has 0 aliphatic rings. The van der Waals surface area contributed by atoms with E-state index in [1.54, 1.807) is 6.07 Å². The number of methoxy groups -OCH3 is 1. The second-order valence-electron chi connectivity index (χ2n) is 4.75. The molecule has 0 amide bonds. The molecule has 3 aromatic rings. The van der Waals surface area contributed by atoms with E-state index in [1.165, 1.54) is 30.7 Å². The molecular formula is C15H12N4O5S2. The molecule has 3 rings (SSSR count). The second kappa shape index (κ2) is 7.97. The quantitative estimate of drug-likeness (QED) is 0.284. The molecule has 1 aromatic carbocycles. The van der Waals surface area contributed by atoms with Crippen molar-refractivity contribution in [3.05, 3.63) is 36.2 Å². The van der Waals surface area contributed by atoms with E-state index in [-0.39, 0.29) is 16.6 Å². The number of hydrogen-bond acceptors (Lipinski definition) is 10. The van der Waals surface area contributed by atoms with E-state index < -0.39 is 18.5 Å². The molecule has 0 saturated carbocycles. The third kappa shape index (κ3) is 4.00. The Morgan fingerprint density at radius 2 is 2.19 bits per heavy atom. The van der Waals surface area contributed by atoms with E-state index >= 15 is 0 Å². The van der Waals surface area contributed by atoms with Crippen LogP contribution in [0.3, 0.4) is 0 Å². The Hall–Kier alpha value is -2.92. The lowest BCUT2D eigenvalue weighted by Gasteiger charge is -2.03. The number of carbonyl (C=O) groups is 2. The summed E-state index contributed by atoms with van der Waals surface area (Å²) in [5, 5.41) is 10.1. The van der Waals surface area contributed by atoms with Crippen molar-refractivity contribution in [2.24, 2.45) is 5.16 Å². The molecule has 134 valence electrons. The molecule has 0 aliphatic heterocycles. The van der Waals surface area contributed by atoms with Gasteiger partial charge in [0.15, 0.2) is 0 Å². The van der Waals surface area contributed by atoms with Gasteiger partial charge in [-0.25, -0.2) is 14.6 Å². The van der Waals surface area contributed by atoms with E-state index in [0.29, 0.717) is 10.4 Å². The number of thiol groups is 1. The zero-order chi connectivity index (χ0) is 18.5. The summed E-state index contributed by atoms with van der Waals surface area (Å²) in [5.41, 5.74) is 0.693. The molecule has 11 heteroatoms. The normalized spacial score (nSPS) is 11.4. The Morgan fingerprint density at radius 1 is 1.35 bits per heavy atom. The Kier molecular flexibility index (Phi) is 5.49. The molecule has 0 unspecified atom stereocenters. The predicted molar refractivity (Wildman–Crippen MR) is 95.6 cm³/mol. The van der Waals surface area contributed by atoms with Crippen LogP contribution in [0.25, 0.3) is 10.2 Å². The third-order valence-electron chi connectivity index (χ3n) is 3.07. The number of carbonyl (C=O) groups excluding carboxylic acids is 2. The number of H-pyrrole nitrogens is 1. The maximum Gasteiger partial charge on any atom is 0.369 e. The van der Waals surface area contributed by atoms with E-state index in [4.69, 9.17) is 9.57 Å². The van der Waals surface area contributed by atoms with Gasteiger partial charge in [0.05, 0.1) is 23.0 Å². The Balaban J connectivity index is 1.81. The van der Waals surface area contributed by atoms with Gasteiger partial charge in [-0.3, -0.25) is 5.10 Å². The van der Waals surface area contributed by atoms with Crippen molar-refractivity contribution in [3.8, 4) is 5.19 Å². The molecule has 0 aliphatic carbocycles. The summed E-state index contributed by atoms with van der Waals surface area (Å²) in [4.78, 5) is 33.3. The molecule has 0 bridgehead atoms. The van der Waals surface area contributed by atoms with Gasteiger partial charge in [0.2, 0.25) is 12.3 Å². The lowest BCUT2D eigenvalue weighted by Crippen LogP contribution is -2.23. The van der Waals surface area contributed by atoms with Gasteiger partial charge in [-0.1, -0.05) is 22.6 Å². The minimum absolute atomic E-state index is 0.131. The molecule has 2 heterocycles. The van der Waals surface area contributed by atoms with Gasteiger partial charge in [0.25, 0.3) is 5.19 Å². The number of rotatable bonds is 6. The smallest absolute Gasteiger partial charge is 0.369 e. The lowest BCUT2D eigenvalue weighted by atomic mass is 10.3. The van der Waals surface area contributed by atoms with Crippen molar-refractivity contribution in [3.63, 3.8) is 0 Å². The van der Waals surface area contributed by atoms with Crippen LogP contribution in [0.2, 0.25) is 0 Å². The molecule has 0 spiro atoms. The fraction of sp³-hybridized carbons (Fsp3) is 0.133. The summed E-state index contributed by atoms with van der Waals surface area (Å²) in [7, 11) is 1.21. The van der Waals surface area contributed by atoms with Gasteiger partial charge in [0, 0.05) is 11.1 Å². The number of aromatic amines is 1. The van der Waals surface area contributed by atoms with Gasteiger partial charge in [-0.05, 0) is 18.2 Å². The highest BCUT2D eigenvalue weighted by molar-refractivity contribution is 7.80. The van der Waals surface area contributed by atoms with Gasteiger partial charge in [0.1, 0.15) is 0 Å². The maximum atomic E-state index is 12.5. The summed E-state index contributed by atoms with van der Waals surface area (Å²) < 4.78 is 10.5. The number of esters is 2. The van der Waals surface area contributed by atoms with Crippen LogP contribution in [0.4, 0.5) is 0 Å². The zero-order valence-corrected chi connectivity index (χ0v) is 15.0.